The van der Waals surface area contributed by atoms with Crippen molar-refractivity contribution in [1.29, 1.82) is 0 Å². The van der Waals surface area contributed by atoms with Gasteiger partial charge in [-0.15, -0.1) is 0 Å². The second-order valence-electron chi connectivity index (χ2n) is 6.61. The van der Waals surface area contributed by atoms with Gasteiger partial charge in [0.25, 0.3) is 0 Å². The Bertz CT molecular complexity index is 799. The molecule has 1 aliphatic rings. The zero-order chi connectivity index (χ0) is 19.2. The molecule has 27 heavy (non-hydrogen) atoms. The number of nitrogens with one attached hydrogen (secondary N) is 1. The molecule has 1 aromatic carbocycles. The third-order valence-electron chi connectivity index (χ3n) is 4.64. The molecule has 3 rings (SSSR count). The molecule has 2 heterocycles. The van der Waals surface area contributed by atoms with E-state index in [-0.39, 0.29) is 17.7 Å². The number of likely N-dealkylation sites (tertiary alicyclic amines) is 1. The Labute approximate surface area is 158 Å². The largest absolute Gasteiger partial charge is 0.490 e. The highest BCUT2D eigenvalue weighted by atomic mass is 16.5. The molecule has 1 saturated heterocycles. The summed E-state index contributed by atoms with van der Waals surface area (Å²) in [5, 5.41) is 11.8. The summed E-state index contributed by atoms with van der Waals surface area (Å²) in [5.41, 5.74) is 2.10. The number of aryl methyl sites for hydroxylation is 1. The van der Waals surface area contributed by atoms with Crippen LogP contribution in [0.15, 0.2) is 42.7 Å². The topological polar surface area (TPSA) is 91.8 Å². The summed E-state index contributed by atoms with van der Waals surface area (Å²) in [6.45, 7) is 3.61. The molecule has 1 aliphatic heterocycles. The second-order valence-corrected chi connectivity index (χ2v) is 6.61. The molecule has 7 nitrogen and oxygen atoms in total. The van der Waals surface area contributed by atoms with Gasteiger partial charge in [0.1, 0.15) is 11.9 Å². The number of aromatic nitrogens is 1. The van der Waals surface area contributed by atoms with E-state index < -0.39 is 5.97 Å². The van der Waals surface area contributed by atoms with Crippen LogP contribution in [0.1, 0.15) is 34.3 Å². The number of carbonyl (C=O) groups excluding carboxylic acids is 1. The number of carboxylic acid groups (broad SMARTS) is 1. The van der Waals surface area contributed by atoms with Crippen molar-refractivity contribution >= 4 is 12.0 Å². The van der Waals surface area contributed by atoms with E-state index >= 15 is 0 Å². The van der Waals surface area contributed by atoms with Gasteiger partial charge < -0.3 is 20.1 Å². The first kappa shape index (κ1) is 18.7. The van der Waals surface area contributed by atoms with Crippen molar-refractivity contribution in [1.82, 2.24) is 15.2 Å². The van der Waals surface area contributed by atoms with Gasteiger partial charge in [-0.2, -0.15) is 0 Å². The number of hydrogen-bond donors (Lipinski definition) is 2. The molecule has 0 aliphatic carbocycles. The molecular formula is C20H23N3O4. The van der Waals surface area contributed by atoms with Crippen LogP contribution in [0.4, 0.5) is 4.79 Å². The molecule has 1 aromatic heterocycles. The van der Waals surface area contributed by atoms with Crippen LogP contribution >= 0.6 is 0 Å². The van der Waals surface area contributed by atoms with E-state index in [2.05, 4.69) is 10.3 Å². The minimum absolute atomic E-state index is 0.0960. The van der Waals surface area contributed by atoms with E-state index in [1.165, 1.54) is 12.1 Å². The minimum atomic E-state index is -0.961. The van der Waals surface area contributed by atoms with Gasteiger partial charge >= 0.3 is 12.0 Å². The summed E-state index contributed by atoms with van der Waals surface area (Å²) in [5.74, 6) is -0.115. The Hall–Kier alpha value is -3.09. The van der Waals surface area contributed by atoms with Gasteiger partial charge in [0.15, 0.2) is 0 Å². The lowest BCUT2D eigenvalue weighted by molar-refractivity contribution is 0.0696. The first-order valence-corrected chi connectivity index (χ1v) is 8.95. The molecule has 2 N–H and O–H groups in total. The summed E-state index contributed by atoms with van der Waals surface area (Å²) in [4.78, 5) is 29.0. The molecule has 0 atom stereocenters. The molecule has 1 fully saturated rings. The maximum atomic E-state index is 12.3. The normalized spacial score (nSPS) is 14.6. The highest BCUT2D eigenvalue weighted by Gasteiger charge is 2.24. The van der Waals surface area contributed by atoms with Crippen molar-refractivity contribution in [3.05, 3.63) is 59.4 Å². The van der Waals surface area contributed by atoms with Crippen LogP contribution in [-0.2, 0) is 6.54 Å². The minimum Gasteiger partial charge on any atom is -0.490 e. The van der Waals surface area contributed by atoms with Crippen LogP contribution in [0, 0.1) is 6.92 Å². The number of carboxylic acids is 1. The van der Waals surface area contributed by atoms with E-state index in [1.807, 2.05) is 13.0 Å². The molecule has 0 radical (unpaired) electrons. The van der Waals surface area contributed by atoms with Crippen LogP contribution in [0.5, 0.6) is 5.75 Å². The quantitative estimate of drug-likeness (QED) is 0.846. The number of pyridine rings is 1. The molecule has 142 valence electrons. The standard InChI is InChI=1S/C20H23N3O4/c1-14-12-21-9-6-18(14)27-17-7-10-23(11-8-17)20(26)22-13-15-2-4-16(5-3-15)19(24)25/h2-6,9,12,17H,7-8,10-11,13H2,1H3,(H,22,26)(H,24,25). The van der Waals surface area contributed by atoms with Crippen molar-refractivity contribution in [2.24, 2.45) is 0 Å². The van der Waals surface area contributed by atoms with Crippen molar-refractivity contribution in [2.45, 2.75) is 32.4 Å². The Morgan fingerprint density at radius 1 is 1.22 bits per heavy atom. The van der Waals surface area contributed by atoms with E-state index in [0.29, 0.717) is 19.6 Å². The number of amides is 2. The second kappa shape index (κ2) is 8.53. The predicted octanol–water partition coefficient (Wildman–Crippen LogP) is 2.84. The zero-order valence-corrected chi connectivity index (χ0v) is 15.2. The molecular weight excluding hydrogens is 346 g/mol. The average molecular weight is 369 g/mol. The highest BCUT2D eigenvalue weighted by molar-refractivity contribution is 5.87. The number of benzene rings is 1. The first-order chi connectivity index (χ1) is 13.0. The van der Waals surface area contributed by atoms with Crippen molar-refractivity contribution in [2.75, 3.05) is 13.1 Å². The lowest BCUT2D eigenvalue weighted by atomic mass is 10.1. The van der Waals surface area contributed by atoms with Gasteiger partial charge in [-0.25, -0.2) is 9.59 Å². The third-order valence-corrected chi connectivity index (χ3v) is 4.64. The monoisotopic (exact) mass is 369 g/mol. The van der Waals surface area contributed by atoms with Crippen molar-refractivity contribution in [3.8, 4) is 5.75 Å². The fourth-order valence-corrected chi connectivity index (χ4v) is 3.00. The zero-order valence-electron chi connectivity index (χ0n) is 15.2. The SMILES string of the molecule is Cc1cnccc1OC1CCN(C(=O)NCc2ccc(C(=O)O)cc2)CC1. The fraction of sp³-hybridized carbons (Fsp3) is 0.350. The fourth-order valence-electron chi connectivity index (χ4n) is 3.00. The van der Waals surface area contributed by atoms with Crippen LogP contribution in [0.3, 0.4) is 0 Å². The number of rotatable bonds is 5. The molecule has 2 amide bonds. The lowest BCUT2D eigenvalue weighted by Crippen LogP contribution is -2.46. The number of piperidine rings is 1. The number of urea groups is 1. The summed E-state index contributed by atoms with van der Waals surface area (Å²) in [6.07, 6.45) is 5.15. The number of ether oxygens (including phenoxy) is 1. The van der Waals surface area contributed by atoms with Gasteiger partial charge in [0, 0.05) is 50.4 Å². The Morgan fingerprint density at radius 2 is 1.93 bits per heavy atom. The van der Waals surface area contributed by atoms with E-state index in [0.717, 1.165) is 29.7 Å². The van der Waals surface area contributed by atoms with Crippen LogP contribution in [0.2, 0.25) is 0 Å². The van der Waals surface area contributed by atoms with Gasteiger partial charge in [-0.3, -0.25) is 4.98 Å². The lowest BCUT2D eigenvalue weighted by Gasteiger charge is -2.32. The van der Waals surface area contributed by atoms with E-state index in [9.17, 15) is 9.59 Å². The van der Waals surface area contributed by atoms with Gasteiger partial charge in [0.2, 0.25) is 0 Å². The Balaban J connectivity index is 1.44. The molecule has 7 heteroatoms. The highest BCUT2D eigenvalue weighted by Crippen LogP contribution is 2.21. The maximum absolute atomic E-state index is 12.3. The summed E-state index contributed by atoms with van der Waals surface area (Å²) in [6, 6.07) is 8.24. The summed E-state index contributed by atoms with van der Waals surface area (Å²) >= 11 is 0. The predicted molar refractivity (Wildman–Crippen MR) is 99.8 cm³/mol. The van der Waals surface area contributed by atoms with Crippen LogP contribution in [-0.4, -0.2) is 46.2 Å². The smallest absolute Gasteiger partial charge is 0.335 e. The molecule has 0 saturated carbocycles. The molecule has 0 bridgehead atoms. The van der Waals surface area contributed by atoms with Crippen molar-refractivity contribution < 1.29 is 19.4 Å². The third kappa shape index (κ3) is 4.97. The molecule has 0 unspecified atom stereocenters. The molecule has 0 spiro atoms. The first-order valence-electron chi connectivity index (χ1n) is 8.95. The number of nitrogens with zero attached hydrogens (tertiary/aromatic N) is 2. The number of hydrogen-bond acceptors (Lipinski definition) is 4. The van der Waals surface area contributed by atoms with Crippen molar-refractivity contribution in [3.63, 3.8) is 0 Å². The maximum Gasteiger partial charge on any atom is 0.335 e. The van der Waals surface area contributed by atoms with Gasteiger partial charge in [0.05, 0.1) is 5.56 Å². The number of carbonyl (C=O) groups is 2. The van der Waals surface area contributed by atoms with Gasteiger partial charge in [-0.05, 0) is 30.7 Å². The van der Waals surface area contributed by atoms with Crippen LogP contribution < -0.4 is 10.1 Å². The van der Waals surface area contributed by atoms with E-state index in [4.69, 9.17) is 9.84 Å². The Kier molecular flexibility index (Phi) is 5.90. The van der Waals surface area contributed by atoms with Crippen LogP contribution in [0.25, 0.3) is 0 Å². The number of aromatic carboxylic acids is 1. The summed E-state index contributed by atoms with van der Waals surface area (Å²) < 4.78 is 6.03. The van der Waals surface area contributed by atoms with E-state index in [1.54, 1.807) is 29.4 Å². The Morgan fingerprint density at radius 3 is 2.56 bits per heavy atom. The average Bonchev–Trinajstić information content (AvgIpc) is 2.69. The molecule has 2 aromatic rings. The van der Waals surface area contributed by atoms with Gasteiger partial charge in [-0.1, -0.05) is 12.1 Å². The summed E-state index contributed by atoms with van der Waals surface area (Å²) in [7, 11) is 0.